The number of phenolic OH excluding ortho intramolecular Hbond substituents is 2. The zero-order valence-corrected chi connectivity index (χ0v) is 18.5. The molecule has 0 fully saturated rings. The maximum absolute atomic E-state index is 13.7. The number of benzene rings is 3. The van der Waals surface area contributed by atoms with Crippen LogP contribution in [0.5, 0.6) is 11.5 Å². The molecule has 0 aliphatic heterocycles. The van der Waals surface area contributed by atoms with Gasteiger partial charge in [0.15, 0.2) is 11.5 Å². The number of alkyl halides is 3. The third-order valence-electron chi connectivity index (χ3n) is 5.30. The van der Waals surface area contributed by atoms with E-state index in [2.05, 4.69) is 5.16 Å². The summed E-state index contributed by atoms with van der Waals surface area (Å²) in [6.07, 6.45) is -4.65. The molecule has 3 aromatic carbocycles. The molecule has 0 spiro atoms. The van der Waals surface area contributed by atoms with Crippen molar-refractivity contribution in [3.8, 4) is 45.1 Å². The molecular formula is C26H20F3NO5. The number of hydrogen-bond acceptors (Lipinski definition) is 6. The minimum absolute atomic E-state index is 0.0398. The minimum atomic E-state index is -4.79. The number of ether oxygens (including phenoxy) is 1. The molecule has 4 aromatic rings. The van der Waals surface area contributed by atoms with Crippen LogP contribution in [0.15, 0.2) is 71.3 Å². The molecule has 2 N–H and O–H groups in total. The van der Waals surface area contributed by atoms with Crippen molar-refractivity contribution in [2.24, 2.45) is 0 Å². The monoisotopic (exact) mass is 483 g/mol. The molecule has 0 saturated carbocycles. The van der Waals surface area contributed by atoms with Crippen LogP contribution in [0.3, 0.4) is 0 Å². The molecule has 0 saturated heterocycles. The Bertz CT molecular complexity index is 1340. The summed E-state index contributed by atoms with van der Waals surface area (Å²) in [6.45, 7) is 2.04. The van der Waals surface area contributed by atoms with Gasteiger partial charge < -0.3 is 19.5 Å². The lowest BCUT2D eigenvalue weighted by atomic mass is 9.96. The molecule has 4 rings (SSSR count). The molecule has 9 heteroatoms. The molecule has 0 atom stereocenters. The summed E-state index contributed by atoms with van der Waals surface area (Å²) in [5.41, 5.74) is 0.926. The fourth-order valence-corrected chi connectivity index (χ4v) is 3.67. The average Bonchev–Trinajstić information content (AvgIpc) is 3.25. The third kappa shape index (κ3) is 5.13. The van der Waals surface area contributed by atoms with Gasteiger partial charge in [0, 0.05) is 6.07 Å². The van der Waals surface area contributed by atoms with Crippen LogP contribution in [-0.4, -0.2) is 27.9 Å². The Morgan fingerprint density at radius 3 is 2.11 bits per heavy atom. The Kier molecular flexibility index (Phi) is 6.50. The molecule has 1 heterocycles. The fraction of sp³-hybridized carbons (Fsp3) is 0.154. The highest BCUT2D eigenvalue weighted by Crippen LogP contribution is 2.45. The maximum Gasteiger partial charge on any atom is 0.437 e. The zero-order chi connectivity index (χ0) is 25.2. The first-order chi connectivity index (χ1) is 16.7. The number of carbonyl (C=O) groups is 1. The Morgan fingerprint density at radius 1 is 0.943 bits per heavy atom. The van der Waals surface area contributed by atoms with E-state index in [1.807, 2.05) is 12.1 Å². The smallest absolute Gasteiger partial charge is 0.437 e. The van der Waals surface area contributed by atoms with Crippen LogP contribution in [0.2, 0.25) is 0 Å². The Hall–Kier alpha value is -4.27. The van der Waals surface area contributed by atoms with Crippen LogP contribution in [0.4, 0.5) is 13.2 Å². The zero-order valence-electron chi connectivity index (χ0n) is 18.5. The van der Waals surface area contributed by atoms with Gasteiger partial charge in [0.25, 0.3) is 0 Å². The first-order valence-electron chi connectivity index (χ1n) is 10.6. The predicted molar refractivity (Wildman–Crippen MR) is 121 cm³/mol. The normalized spacial score (nSPS) is 11.4. The second kappa shape index (κ2) is 9.54. The van der Waals surface area contributed by atoms with Gasteiger partial charge in [-0.2, -0.15) is 13.2 Å². The van der Waals surface area contributed by atoms with Crippen LogP contribution in [-0.2, 0) is 22.1 Å². The van der Waals surface area contributed by atoms with Crippen molar-refractivity contribution in [1.82, 2.24) is 5.16 Å². The maximum atomic E-state index is 13.7. The third-order valence-corrected chi connectivity index (χ3v) is 5.30. The molecule has 0 bridgehead atoms. The highest BCUT2D eigenvalue weighted by Gasteiger charge is 2.40. The highest BCUT2D eigenvalue weighted by atomic mass is 19.4. The molecule has 180 valence electrons. The van der Waals surface area contributed by atoms with E-state index in [0.717, 1.165) is 22.8 Å². The van der Waals surface area contributed by atoms with E-state index in [4.69, 9.17) is 9.26 Å². The lowest BCUT2D eigenvalue weighted by Gasteiger charge is -2.10. The molecular weight excluding hydrogens is 463 g/mol. The van der Waals surface area contributed by atoms with Crippen molar-refractivity contribution in [3.05, 3.63) is 78.0 Å². The van der Waals surface area contributed by atoms with E-state index in [1.54, 1.807) is 31.2 Å². The second-order valence-corrected chi connectivity index (χ2v) is 7.69. The van der Waals surface area contributed by atoms with Crippen molar-refractivity contribution in [1.29, 1.82) is 0 Å². The van der Waals surface area contributed by atoms with Crippen LogP contribution in [0.1, 0.15) is 18.2 Å². The standard InChI is InChI=1S/C26H20F3NO5/c1-2-34-22(33)13-15-3-5-16(6-4-15)17-7-9-18(10-8-17)23-24(35-30-25(23)26(27,28)29)20-12-11-19(31)14-21(20)32/h3-12,14,31-32H,2,13H2,1H3. The van der Waals surface area contributed by atoms with Crippen LogP contribution in [0.25, 0.3) is 33.6 Å². The molecule has 0 radical (unpaired) electrons. The van der Waals surface area contributed by atoms with Gasteiger partial charge in [-0.1, -0.05) is 53.7 Å². The van der Waals surface area contributed by atoms with Gasteiger partial charge in [-0.05, 0) is 41.3 Å². The summed E-state index contributed by atoms with van der Waals surface area (Å²) in [7, 11) is 0. The van der Waals surface area contributed by atoms with E-state index < -0.39 is 17.6 Å². The van der Waals surface area contributed by atoms with Crippen molar-refractivity contribution in [3.63, 3.8) is 0 Å². The first kappa shape index (κ1) is 23.9. The first-order valence-corrected chi connectivity index (χ1v) is 10.6. The number of aromatic hydroxyl groups is 2. The van der Waals surface area contributed by atoms with Gasteiger partial charge >= 0.3 is 12.1 Å². The molecule has 35 heavy (non-hydrogen) atoms. The highest BCUT2D eigenvalue weighted by molar-refractivity contribution is 5.85. The van der Waals surface area contributed by atoms with E-state index in [0.29, 0.717) is 6.61 Å². The van der Waals surface area contributed by atoms with Gasteiger partial charge in [0.2, 0.25) is 0 Å². The molecule has 0 unspecified atom stereocenters. The van der Waals surface area contributed by atoms with E-state index in [9.17, 15) is 28.2 Å². The quantitative estimate of drug-likeness (QED) is 0.317. The number of esters is 1. The van der Waals surface area contributed by atoms with Crippen LogP contribution >= 0.6 is 0 Å². The van der Waals surface area contributed by atoms with E-state index in [-0.39, 0.29) is 40.6 Å². The predicted octanol–water partition coefficient (Wildman–Crippen LogP) is 6.21. The number of phenols is 2. The summed E-state index contributed by atoms with van der Waals surface area (Å²) in [5.74, 6) is -1.29. The SMILES string of the molecule is CCOC(=O)Cc1ccc(-c2ccc(-c3c(C(F)(F)F)noc3-c3ccc(O)cc3O)cc2)cc1. The Balaban J connectivity index is 1.69. The largest absolute Gasteiger partial charge is 0.508 e. The summed E-state index contributed by atoms with van der Waals surface area (Å²) in [6, 6.07) is 17.0. The summed E-state index contributed by atoms with van der Waals surface area (Å²) < 4.78 is 51.0. The summed E-state index contributed by atoms with van der Waals surface area (Å²) >= 11 is 0. The summed E-state index contributed by atoms with van der Waals surface area (Å²) in [5, 5.41) is 22.9. The number of halogens is 3. The number of rotatable bonds is 6. The number of hydrogen-bond donors (Lipinski definition) is 2. The van der Waals surface area contributed by atoms with Crippen molar-refractivity contribution < 1.29 is 37.4 Å². The van der Waals surface area contributed by atoms with Gasteiger partial charge in [-0.15, -0.1) is 0 Å². The number of aromatic nitrogens is 1. The summed E-state index contributed by atoms with van der Waals surface area (Å²) in [4.78, 5) is 11.6. The molecule has 0 aliphatic carbocycles. The Morgan fingerprint density at radius 2 is 1.54 bits per heavy atom. The van der Waals surface area contributed by atoms with E-state index in [1.165, 1.54) is 24.3 Å². The van der Waals surface area contributed by atoms with Crippen LogP contribution in [0, 0.1) is 0 Å². The van der Waals surface area contributed by atoms with E-state index >= 15 is 0 Å². The van der Waals surface area contributed by atoms with Gasteiger partial charge in [-0.3, -0.25) is 4.79 Å². The van der Waals surface area contributed by atoms with Crippen molar-refractivity contribution in [2.75, 3.05) is 6.61 Å². The Labute approximate surface area is 198 Å². The van der Waals surface area contributed by atoms with Gasteiger partial charge in [-0.25, -0.2) is 0 Å². The molecule has 1 aromatic heterocycles. The molecule has 0 aliphatic rings. The van der Waals surface area contributed by atoms with Gasteiger partial charge in [0.05, 0.1) is 24.2 Å². The topological polar surface area (TPSA) is 92.8 Å². The van der Waals surface area contributed by atoms with Crippen molar-refractivity contribution >= 4 is 5.97 Å². The minimum Gasteiger partial charge on any atom is -0.508 e. The lowest BCUT2D eigenvalue weighted by molar-refractivity contribution is -0.143. The number of nitrogens with zero attached hydrogens (tertiary/aromatic N) is 1. The number of carbonyl (C=O) groups excluding carboxylic acids is 1. The average molecular weight is 483 g/mol. The second-order valence-electron chi connectivity index (χ2n) is 7.69. The van der Waals surface area contributed by atoms with Crippen molar-refractivity contribution in [2.45, 2.75) is 19.5 Å². The van der Waals surface area contributed by atoms with Gasteiger partial charge in [0.1, 0.15) is 11.5 Å². The lowest BCUT2D eigenvalue weighted by Crippen LogP contribution is -2.07. The molecule has 6 nitrogen and oxygen atoms in total. The van der Waals surface area contributed by atoms with Crippen LogP contribution < -0.4 is 0 Å². The molecule has 0 amide bonds. The fourth-order valence-electron chi connectivity index (χ4n) is 3.67.